The largest absolute Gasteiger partial charge is 0.748 e. The Morgan fingerprint density at radius 1 is 1.04 bits per heavy atom. The number of carbonyl (C=O) groups is 3. The summed E-state index contributed by atoms with van der Waals surface area (Å²) in [6, 6.07) is 14.7. The van der Waals surface area contributed by atoms with Crippen LogP contribution >= 0.6 is 0 Å². The van der Waals surface area contributed by atoms with Gasteiger partial charge in [0.25, 0.3) is 5.97 Å². The molecule has 0 spiro atoms. The molecule has 130 valence electrons. The fourth-order valence-electron chi connectivity index (χ4n) is 1.99. The maximum absolute atomic E-state index is 11.1. The summed E-state index contributed by atoms with van der Waals surface area (Å²) >= 11 is 0. The van der Waals surface area contributed by atoms with Crippen LogP contribution in [-0.2, 0) is 37.8 Å². The molecule has 23 heavy (non-hydrogen) atoms. The summed E-state index contributed by atoms with van der Waals surface area (Å²) in [5.74, 6) is -0.829. The zero-order valence-electron chi connectivity index (χ0n) is 13.4. The van der Waals surface area contributed by atoms with Crippen LogP contribution in [0, 0.1) is 5.92 Å². The third kappa shape index (κ3) is 7.22. The molecule has 0 saturated carbocycles. The smallest absolute Gasteiger partial charge is 0.280 e. The third-order valence-corrected chi connectivity index (χ3v) is 3.24. The summed E-state index contributed by atoms with van der Waals surface area (Å²) in [6.45, 7) is 2.93. The number of ketones is 2. The minimum Gasteiger partial charge on any atom is -0.748 e. The van der Waals surface area contributed by atoms with Gasteiger partial charge < -0.3 is 34.6 Å². The van der Waals surface area contributed by atoms with Crippen LogP contribution < -0.4 is 0 Å². The topological polar surface area (TPSA) is 60.4 Å². The minimum atomic E-state index is -0.456. The van der Waals surface area contributed by atoms with E-state index in [2.05, 4.69) is 4.74 Å². The normalized spacial score (nSPS) is 9.39. The van der Waals surface area contributed by atoms with Crippen molar-refractivity contribution in [1.29, 1.82) is 0 Å². The van der Waals surface area contributed by atoms with Crippen molar-refractivity contribution in [1.82, 2.24) is 0 Å². The second-order valence-electron chi connectivity index (χ2n) is 4.94. The fraction of sp³-hybridized carbons (Fsp3) is 0.278. The van der Waals surface area contributed by atoms with Gasteiger partial charge in [-0.2, -0.15) is 18.6 Å². The first-order valence-electron chi connectivity index (χ1n) is 6.97. The van der Waals surface area contributed by atoms with Crippen molar-refractivity contribution < 1.29 is 36.2 Å². The van der Waals surface area contributed by atoms with E-state index in [1.54, 1.807) is 24.3 Å². The average molecular weight is 356 g/mol. The Morgan fingerprint density at radius 3 is 1.91 bits per heavy atom. The second-order valence-corrected chi connectivity index (χ2v) is 4.94. The van der Waals surface area contributed by atoms with Crippen molar-refractivity contribution in [3.05, 3.63) is 59.7 Å². The monoisotopic (exact) mass is 356 g/mol. The number of rotatable bonds is 5. The molecule has 0 aliphatic rings. The van der Waals surface area contributed by atoms with Gasteiger partial charge >= 0.3 is 0 Å². The molecule has 0 amide bonds. The van der Waals surface area contributed by atoms with E-state index in [4.69, 9.17) is 0 Å². The first-order valence-corrected chi connectivity index (χ1v) is 6.97. The Kier molecular flexibility index (Phi) is 9.79. The molecule has 0 saturated heterocycles. The molecule has 0 aliphatic heterocycles. The van der Waals surface area contributed by atoms with Crippen LogP contribution in [-0.4, -0.2) is 24.6 Å². The fourth-order valence-corrected chi connectivity index (χ4v) is 1.99. The van der Waals surface area contributed by atoms with E-state index < -0.39 is 5.92 Å². The van der Waals surface area contributed by atoms with Crippen molar-refractivity contribution in [2.45, 2.75) is 20.3 Å². The summed E-state index contributed by atoms with van der Waals surface area (Å²) in [5, 5.41) is 0. The Morgan fingerprint density at radius 2 is 1.52 bits per heavy atom. The molecule has 0 bridgehead atoms. The molecule has 0 fully saturated rings. The Labute approximate surface area is 147 Å². The van der Waals surface area contributed by atoms with Gasteiger partial charge in [0, 0.05) is 23.0 Å². The average Bonchev–Trinajstić information content (AvgIpc) is 3.17. The number of methoxy groups -OCH3 is 1. The number of esters is 1. The van der Waals surface area contributed by atoms with Crippen molar-refractivity contribution in [2.24, 2.45) is 5.92 Å². The van der Waals surface area contributed by atoms with E-state index >= 15 is 0 Å². The predicted octanol–water partition coefficient (Wildman–Crippen LogP) is 2.93. The van der Waals surface area contributed by atoms with E-state index in [1.807, 2.05) is 24.3 Å². The number of ether oxygens (including phenoxy) is 1. The van der Waals surface area contributed by atoms with Gasteiger partial charge in [0.15, 0.2) is 0 Å². The Hall–Kier alpha value is -1.97. The number of hydrogen-bond acceptors (Lipinski definition) is 4. The zero-order chi connectivity index (χ0) is 16.5. The molecule has 2 rings (SSSR count). The van der Waals surface area contributed by atoms with Crippen molar-refractivity contribution >= 4 is 17.5 Å². The van der Waals surface area contributed by atoms with Crippen molar-refractivity contribution in [2.75, 3.05) is 7.11 Å². The van der Waals surface area contributed by atoms with Gasteiger partial charge in [-0.05, 0) is 13.8 Å². The standard InChI is InChI=1S/C11H13O2.C7H7O2.Fe/c1-8(12)11(9(2)13)7-10-5-3-4-6-10;1-9-7(8)6-4-2-3-5-6;/h3-6,11H,7H2,1-2H3;2-5H,1H3;/q-5;-1;. The Bertz CT molecular complexity index is 583. The van der Waals surface area contributed by atoms with Gasteiger partial charge in [0.1, 0.15) is 11.6 Å². The molecule has 0 unspecified atom stereocenters. The SMILES string of the molecule is CC(=O)C(C[c-]1[cH-][cH-][cH-][cH-]1)C(C)=O.COC(=O)[c-]1cccc1.[Fe]. The Balaban J connectivity index is 0.000000427. The first kappa shape index (κ1) is 21.0. The van der Waals surface area contributed by atoms with Crippen molar-refractivity contribution in [3.63, 3.8) is 0 Å². The van der Waals surface area contributed by atoms with Gasteiger partial charge in [-0.3, -0.25) is 14.4 Å². The van der Waals surface area contributed by atoms with Gasteiger partial charge in [0.2, 0.25) is 0 Å². The van der Waals surface area contributed by atoms with Crippen LogP contribution in [0.3, 0.4) is 0 Å². The van der Waals surface area contributed by atoms with Gasteiger partial charge in [-0.15, -0.1) is 0 Å². The van der Waals surface area contributed by atoms with E-state index in [0.29, 0.717) is 12.0 Å². The summed E-state index contributed by atoms with van der Waals surface area (Å²) < 4.78 is 4.46. The molecule has 0 atom stereocenters. The van der Waals surface area contributed by atoms with Crippen LogP contribution in [0.25, 0.3) is 0 Å². The molecule has 0 N–H and O–H groups in total. The van der Waals surface area contributed by atoms with Gasteiger partial charge in [-0.1, -0.05) is 5.56 Å². The predicted molar refractivity (Wildman–Crippen MR) is 84.0 cm³/mol. The molecule has 2 aromatic carbocycles. The summed E-state index contributed by atoms with van der Waals surface area (Å²) in [6.07, 6.45) is 0.539. The van der Waals surface area contributed by atoms with Crippen LogP contribution in [0.5, 0.6) is 0 Å². The molecule has 0 radical (unpaired) electrons. The molecule has 4 nitrogen and oxygen atoms in total. The number of carbonyl (C=O) groups excluding carboxylic acids is 3. The summed E-state index contributed by atoms with van der Waals surface area (Å²) in [4.78, 5) is 32.8. The van der Waals surface area contributed by atoms with Gasteiger partial charge in [-0.25, -0.2) is 12.1 Å². The number of Topliss-reactive ketones (excluding diaryl/α,β-unsaturated/α-hetero) is 2. The molecule has 0 aromatic heterocycles. The maximum Gasteiger partial charge on any atom is 0.280 e. The first-order chi connectivity index (χ1) is 10.5. The molecule has 0 heterocycles. The van der Waals surface area contributed by atoms with Crippen LogP contribution in [0.15, 0.2) is 48.5 Å². The third-order valence-electron chi connectivity index (χ3n) is 3.24. The van der Waals surface area contributed by atoms with Crippen molar-refractivity contribution in [3.8, 4) is 0 Å². The molecular weight excluding hydrogens is 336 g/mol. The van der Waals surface area contributed by atoms with E-state index in [1.165, 1.54) is 21.0 Å². The zero-order valence-corrected chi connectivity index (χ0v) is 14.5. The van der Waals surface area contributed by atoms with E-state index in [-0.39, 0.29) is 34.6 Å². The van der Waals surface area contributed by atoms with Crippen LogP contribution in [0.4, 0.5) is 0 Å². The van der Waals surface area contributed by atoms with Crippen LogP contribution in [0.2, 0.25) is 0 Å². The van der Waals surface area contributed by atoms with Crippen LogP contribution in [0.1, 0.15) is 29.8 Å². The van der Waals surface area contributed by atoms with Gasteiger partial charge in [0.05, 0.1) is 7.11 Å². The maximum atomic E-state index is 11.1. The summed E-state index contributed by atoms with van der Waals surface area (Å²) in [7, 11) is 1.37. The number of hydrogen-bond donors (Lipinski definition) is 0. The molecular formula is C18H20FeO4-6. The van der Waals surface area contributed by atoms with E-state index in [0.717, 1.165) is 5.56 Å². The minimum absolute atomic E-state index is 0. The molecule has 2 aromatic rings. The summed E-state index contributed by atoms with van der Waals surface area (Å²) in [5.41, 5.74) is 1.66. The second kappa shape index (κ2) is 10.7. The molecule has 0 aliphatic carbocycles. The van der Waals surface area contributed by atoms with E-state index in [9.17, 15) is 14.4 Å². The molecule has 5 heteroatoms. The quantitative estimate of drug-likeness (QED) is 0.358.